The molecule has 90 valence electrons. The van der Waals surface area contributed by atoms with E-state index in [1.54, 1.807) is 6.20 Å². The largest absolute Gasteiger partial charge is 0.437 e. The van der Waals surface area contributed by atoms with Crippen LogP contribution in [0.1, 0.15) is 36.9 Å². The van der Waals surface area contributed by atoms with Crippen LogP contribution in [0.25, 0.3) is 0 Å². The monoisotopic (exact) mass is 233 g/mol. The first-order valence-electron chi connectivity index (χ1n) is 5.56. The van der Waals surface area contributed by atoms with Crippen molar-refractivity contribution in [3.63, 3.8) is 0 Å². The Labute approximate surface area is 99.1 Å². The molecule has 2 heterocycles. The molecule has 5 heteroatoms. The lowest BCUT2D eigenvalue weighted by atomic mass is 10.2. The first-order valence-corrected chi connectivity index (χ1v) is 5.56. The fraction of sp³-hybridized carbons (Fsp3) is 0.417. The van der Waals surface area contributed by atoms with Crippen LogP contribution in [0.4, 0.5) is 0 Å². The van der Waals surface area contributed by atoms with Gasteiger partial charge in [-0.1, -0.05) is 19.9 Å². The van der Waals surface area contributed by atoms with Crippen LogP contribution in [0, 0.1) is 6.92 Å². The topological polar surface area (TPSA) is 60.9 Å². The molecule has 0 N–H and O–H groups in total. The van der Waals surface area contributed by atoms with E-state index < -0.39 is 5.76 Å². The molecule has 0 radical (unpaired) electrons. The maximum atomic E-state index is 11.6. The van der Waals surface area contributed by atoms with Crippen LogP contribution in [0.15, 0.2) is 27.5 Å². The second kappa shape index (κ2) is 4.53. The van der Waals surface area contributed by atoms with Crippen molar-refractivity contribution in [2.75, 3.05) is 0 Å². The van der Waals surface area contributed by atoms with Gasteiger partial charge in [0.25, 0.3) is 0 Å². The molecule has 0 aliphatic rings. The molecule has 0 atom stereocenters. The van der Waals surface area contributed by atoms with E-state index in [2.05, 4.69) is 10.1 Å². The highest BCUT2D eigenvalue weighted by Gasteiger charge is 2.12. The van der Waals surface area contributed by atoms with E-state index in [0.29, 0.717) is 12.4 Å². The Hall–Kier alpha value is -1.91. The fourth-order valence-corrected chi connectivity index (χ4v) is 1.50. The van der Waals surface area contributed by atoms with Crippen LogP contribution in [-0.4, -0.2) is 14.8 Å². The summed E-state index contributed by atoms with van der Waals surface area (Å²) in [6, 6.07) is 3.77. The molecule has 0 amide bonds. The summed E-state index contributed by atoms with van der Waals surface area (Å²) >= 11 is 0. The third-order valence-electron chi connectivity index (χ3n) is 2.55. The zero-order chi connectivity index (χ0) is 12.4. The van der Waals surface area contributed by atoms with Crippen molar-refractivity contribution in [3.8, 4) is 0 Å². The highest BCUT2D eigenvalue weighted by atomic mass is 16.4. The van der Waals surface area contributed by atoms with Crippen LogP contribution >= 0.6 is 0 Å². The van der Waals surface area contributed by atoms with Crippen LogP contribution < -0.4 is 5.76 Å². The summed E-state index contributed by atoms with van der Waals surface area (Å²) in [6.45, 7) is 6.18. The number of aryl methyl sites for hydroxylation is 1. The Morgan fingerprint density at radius 2 is 2.24 bits per heavy atom. The number of nitrogens with zero attached hydrogens (tertiary/aromatic N) is 3. The molecule has 0 saturated heterocycles. The number of hydrogen-bond acceptors (Lipinski definition) is 4. The van der Waals surface area contributed by atoms with Gasteiger partial charge >= 0.3 is 5.76 Å². The number of pyridine rings is 1. The minimum absolute atomic E-state index is 0.110. The zero-order valence-corrected chi connectivity index (χ0v) is 10.2. The lowest BCUT2D eigenvalue weighted by Crippen LogP contribution is -2.17. The van der Waals surface area contributed by atoms with Gasteiger partial charge in [0.2, 0.25) is 5.89 Å². The summed E-state index contributed by atoms with van der Waals surface area (Å²) in [6.07, 6.45) is 1.73. The lowest BCUT2D eigenvalue weighted by molar-refractivity contribution is 0.434. The van der Waals surface area contributed by atoms with Crippen LogP contribution in [-0.2, 0) is 6.54 Å². The molecule has 0 spiro atoms. The second-order valence-electron chi connectivity index (χ2n) is 4.27. The molecular formula is C12H15N3O2. The standard InChI is InChI=1S/C12H15N3O2/c1-8(2)11-14-15(12(16)17-11)7-10-5-4-6-13-9(10)3/h4-6,8H,7H2,1-3H3. The van der Waals surface area contributed by atoms with Gasteiger partial charge in [0.15, 0.2) is 0 Å². The van der Waals surface area contributed by atoms with E-state index in [-0.39, 0.29) is 5.92 Å². The van der Waals surface area contributed by atoms with Gasteiger partial charge in [-0.3, -0.25) is 4.98 Å². The number of rotatable bonds is 3. The van der Waals surface area contributed by atoms with Gasteiger partial charge in [-0.25, -0.2) is 4.79 Å². The van der Waals surface area contributed by atoms with Crippen LogP contribution in [0.5, 0.6) is 0 Å². The minimum atomic E-state index is -0.419. The van der Waals surface area contributed by atoms with Crippen LogP contribution in [0.2, 0.25) is 0 Å². The molecule has 5 nitrogen and oxygen atoms in total. The second-order valence-corrected chi connectivity index (χ2v) is 4.27. The summed E-state index contributed by atoms with van der Waals surface area (Å²) in [5, 5.41) is 4.16. The van der Waals surface area contributed by atoms with Crippen molar-refractivity contribution >= 4 is 0 Å². The highest BCUT2D eigenvalue weighted by Crippen LogP contribution is 2.09. The van der Waals surface area contributed by atoms with E-state index in [9.17, 15) is 4.79 Å². The maximum Gasteiger partial charge on any atom is 0.437 e. The Balaban J connectivity index is 2.31. The summed E-state index contributed by atoms with van der Waals surface area (Å²) < 4.78 is 6.40. The van der Waals surface area contributed by atoms with E-state index in [0.717, 1.165) is 11.3 Å². The van der Waals surface area contributed by atoms with E-state index >= 15 is 0 Å². The van der Waals surface area contributed by atoms with Crippen LogP contribution in [0.3, 0.4) is 0 Å². The number of hydrogen-bond donors (Lipinski definition) is 0. The fourth-order valence-electron chi connectivity index (χ4n) is 1.50. The summed E-state index contributed by atoms with van der Waals surface area (Å²) in [5.74, 6) is 0.160. The third-order valence-corrected chi connectivity index (χ3v) is 2.55. The molecule has 17 heavy (non-hydrogen) atoms. The molecule has 0 aliphatic carbocycles. The average molecular weight is 233 g/mol. The Kier molecular flexibility index (Phi) is 3.08. The molecule has 0 unspecified atom stereocenters. The molecular weight excluding hydrogens is 218 g/mol. The molecule has 2 aromatic rings. The van der Waals surface area contributed by atoms with E-state index in [1.807, 2.05) is 32.9 Å². The van der Waals surface area contributed by atoms with Gasteiger partial charge in [-0.05, 0) is 18.6 Å². The summed E-state index contributed by atoms with van der Waals surface area (Å²) in [5.41, 5.74) is 1.87. The summed E-state index contributed by atoms with van der Waals surface area (Å²) in [4.78, 5) is 15.7. The van der Waals surface area contributed by atoms with Crippen molar-refractivity contribution in [2.24, 2.45) is 0 Å². The number of aromatic nitrogens is 3. The molecule has 0 bridgehead atoms. The zero-order valence-electron chi connectivity index (χ0n) is 10.2. The first-order chi connectivity index (χ1) is 8.08. The first kappa shape index (κ1) is 11.6. The molecule has 0 saturated carbocycles. The Morgan fingerprint density at radius 3 is 2.82 bits per heavy atom. The smallest absolute Gasteiger partial charge is 0.392 e. The maximum absolute atomic E-state index is 11.6. The molecule has 2 aromatic heterocycles. The van der Waals surface area contributed by atoms with E-state index in [1.165, 1.54) is 4.68 Å². The molecule has 0 aromatic carbocycles. The predicted octanol–water partition coefficient (Wildman–Crippen LogP) is 1.71. The Morgan fingerprint density at radius 1 is 1.47 bits per heavy atom. The van der Waals surface area contributed by atoms with Crippen molar-refractivity contribution in [3.05, 3.63) is 46.0 Å². The molecule has 2 rings (SSSR count). The highest BCUT2D eigenvalue weighted by molar-refractivity contribution is 5.18. The third kappa shape index (κ3) is 2.43. The van der Waals surface area contributed by atoms with Crippen molar-refractivity contribution in [1.29, 1.82) is 0 Å². The normalized spacial score (nSPS) is 11.1. The van der Waals surface area contributed by atoms with Crippen molar-refractivity contribution in [2.45, 2.75) is 33.2 Å². The van der Waals surface area contributed by atoms with Gasteiger partial charge in [0.05, 0.1) is 6.54 Å². The molecule has 0 fully saturated rings. The SMILES string of the molecule is Cc1ncccc1Cn1nc(C(C)C)oc1=O. The predicted molar refractivity (Wildman–Crippen MR) is 62.9 cm³/mol. The minimum Gasteiger partial charge on any atom is -0.392 e. The van der Waals surface area contributed by atoms with E-state index in [4.69, 9.17) is 4.42 Å². The van der Waals surface area contributed by atoms with Gasteiger partial charge in [0, 0.05) is 17.8 Å². The van der Waals surface area contributed by atoms with Crippen molar-refractivity contribution in [1.82, 2.24) is 14.8 Å². The summed E-state index contributed by atoms with van der Waals surface area (Å²) in [7, 11) is 0. The van der Waals surface area contributed by atoms with Gasteiger partial charge in [-0.2, -0.15) is 4.68 Å². The average Bonchev–Trinajstić information content (AvgIpc) is 2.64. The molecule has 0 aliphatic heterocycles. The Bertz CT molecular complexity index is 569. The van der Waals surface area contributed by atoms with Gasteiger partial charge < -0.3 is 4.42 Å². The lowest BCUT2D eigenvalue weighted by Gasteiger charge is -2.02. The van der Waals surface area contributed by atoms with Crippen molar-refractivity contribution < 1.29 is 4.42 Å². The van der Waals surface area contributed by atoms with Gasteiger partial charge in [-0.15, -0.1) is 5.10 Å². The van der Waals surface area contributed by atoms with Gasteiger partial charge in [0.1, 0.15) is 0 Å². The quantitative estimate of drug-likeness (QED) is 0.809.